The maximum Gasteiger partial charge on any atom is 0.327 e. The monoisotopic (exact) mass is 393 g/mol. The van der Waals surface area contributed by atoms with Crippen LogP contribution in [0.1, 0.15) is 26.7 Å². The maximum atomic E-state index is 12.5. The predicted molar refractivity (Wildman–Crippen MR) is 97.0 cm³/mol. The summed E-state index contributed by atoms with van der Waals surface area (Å²) < 4.78 is 5.06. The third-order valence-corrected chi connectivity index (χ3v) is 5.12. The van der Waals surface area contributed by atoms with Crippen LogP contribution in [0, 0.1) is 5.92 Å². The summed E-state index contributed by atoms with van der Waals surface area (Å²) in [6, 6.07) is 6.02. The number of hydrogen-bond donors (Lipinski definition) is 2. The summed E-state index contributed by atoms with van der Waals surface area (Å²) in [6.07, 6.45) is 0.601. The highest BCUT2D eigenvalue weighted by atomic mass is 35.5. The van der Waals surface area contributed by atoms with Gasteiger partial charge in [0.25, 0.3) is 11.8 Å². The molecule has 1 aromatic rings. The van der Waals surface area contributed by atoms with E-state index in [0.29, 0.717) is 10.7 Å². The van der Waals surface area contributed by atoms with E-state index >= 15 is 0 Å². The summed E-state index contributed by atoms with van der Waals surface area (Å²) in [6.45, 7) is 2.51. The molecule has 144 valence electrons. The zero-order chi connectivity index (χ0) is 19.8. The van der Waals surface area contributed by atoms with Gasteiger partial charge in [-0.25, -0.2) is 4.79 Å². The number of rotatable bonds is 6. The van der Waals surface area contributed by atoms with Crippen LogP contribution in [0.5, 0.6) is 0 Å². The number of halogens is 1. The molecule has 1 aliphatic heterocycles. The number of nitrogens with one attached hydrogen (secondary N) is 2. The number of ether oxygens (including phenoxy) is 1. The van der Waals surface area contributed by atoms with E-state index in [4.69, 9.17) is 16.3 Å². The molecule has 1 saturated carbocycles. The van der Waals surface area contributed by atoms with Crippen molar-refractivity contribution in [1.29, 1.82) is 0 Å². The number of carbonyl (C=O) groups excluding carboxylic acids is 4. The van der Waals surface area contributed by atoms with Gasteiger partial charge in [-0.05, 0) is 44.7 Å². The first-order chi connectivity index (χ1) is 12.7. The number of urea groups is 1. The summed E-state index contributed by atoms with van der Waals surface area (Å²) in [5.41, 5.74) is -0.578. The van der Waals surface area contributed by atoms with E-state index in [-0.39, 0.29) is 5.92 Å². The second kappa shape index (κ2) is 7.19. The number of anilines is 1. The highest BCUT2D eigenvalue weighted by molar-refractivity contribution is 6.33. The van der Waals surface area contributed by atoms with Crippen LogP contribution in [-0.2, 0) is 19.1 Å². The average Bonchev–Trinajstić information content (AvgIpc) is 3.43. The zero-order valence-electron chi connectivity index (χ0n) is 15.0. The number of hydrogen-bond acceptors (Lipinski definition) is 5. The Balaban J connectivity index is 1.55. The lowest BCUT2D eigenvalue weighted by atomic mass is 9.96. The number of para-hydroxylation sites is 1. The van der Waals surface area contributed by atoms with Gasteiger partial charge in [0.15, 0.2) is 6.10 Å². The number of amides is 4. The molecule has 2 N–H and O–H groups in total. The van der Waals surface area contributed by atoms with Gasteiger partial charge in [0, 0.05) is 0 Å². The van der Waals surface area contributed by atoms with E-state index in [0.717, 1.165) is 17.7 Å². The van der Waals surface area contributed by atoms with Crippen LogP contribution >= 0.6 is 11.6 Å². The van der Waals surface area contributed by atoms with Crippen LogP contribution in [0.4, 0.5) is 10.5 Å². The summed E-state index contributed by atoms with van der Waals surface area (Å²) in [5.74, 6) is -1.77. The van der Waals surface area contributed by atoms with Gasteiger partial charge in [-0.3, -0.25) is 19.3 Å². The van der Waals surface area contributed by atoms with Crippen LogP contribution in [0.2, 0.25) is 5.02 Å². The summed E-state index contributed by atoms with van der Waals surface area (Å²) in [4.78, 5) is 49.7. The molecular formula is C18H20ClN3O5. The molecule has 1 aromatic carbocycles. The Hall–Kier alpha value is -2.61. The minimum absolute atomic E-state index is 0.0929. The Morgan fingerprint density at radius 1 is 1.37 bits per heavy atom. The molecule has 9 heteroatoms. The first-order valence-corrected chi connectivity index (χ1v) is 8.99. The zero-order valence-corrected chi connectivity index (χ0v) is 15.7. The summed E-state index contributed by atoms with van der Waals surface area (Å²) in [5, 5.41) is 5.55. The molecule has 0 spiro atoms. The molecular weight excluding hydrogens is 374 g/mol. The minimum atomic E-state index is -1.12. The van der Waals surface area contributed by atoms with Crippen LogP contribution in [-0.4, -0.2) is 46.9 Å². The van der Waals surface area contributed by atoms with Crippen molar-refractivity contribution in [3.63, 3.8) is 0 Å². The molecule has 0 unspecified atom stereocenters. The Kier molecular flexibility index (Phi) is 5.10. The topological polar surface area (TPSA) is 105 Å². The maximum absolute atomic E-state index is 12.5. The minimum Gasteiger partial charge on any atom is -0.451 e. The summed E-state index contributed by atoms with van der Waals surface area (Å²) in [7, 11) is 0. The standard InChI is InChI=1S/C18H20ClN3O5/c1-10(15(24)20-13-6-4-3-5-12(13)19)27-14(23)9-22-16(25)18(2,11-7-8-11)21-17(22)26/h3-6,10-11H,7-9H2,1-2H3,(H,20,24)(H,21,26)/t10-,18-/m0/s1. The van der Waals surface area contributed by atoms with Crippen molar-refractivity contribution < 1.29 is 23.9 Å². The number of benzene rings is 1. The lowest BCUT2D eigenvalue weighted by Gasteiger charge is -2.21. The van der Waals surface area contributed by atoms with Crippen molar-refractivity contribution in [2.75, 3.05) is 11.9 Å². The van der Waals surface area contributed by atoms with E-state index in [9.17, 15) is 19.2 Å². The molecule has 0 radical (unpaired) electrons. The molecule has 0 aromatic heterocycles. The molecule has 4 amide bonds. The Bertz CT molecular complexity index is 810. The van der Waals surface area contributed by atoms with Gasteiger partial charge in [-0.15, -0.1) is 0 Å². The Morgan fingerprint density at radius 3 is 2.67 bits per heavy atom. The summed E-state index contributed by atoms with van der Waals surface area (Å²) >= 11 is 5.97. The molecule has 8 nitrogen and oxygen atoms in total. The van der Waals surface area contributed by atoms with E-state index in [1.807, 2.05) is 0 Å². The molecule has 3 rings (SSSR count). The molecule has 1 aliphatic carbocycles. The smallest absolute Gasteiger partial charge is 0.327 e. The molecule has 1 heterocycles. The van der Waals surface area contributed by atoms with Crippen LogP contribution < -0.4 is 10.6 Å². The van der Waals surface area contributed by atoms with Gasteiger partial charge >= 0.3 is 12.0 Å². The van der Waals surface area contributed by atoms with Crippen molar-refractivity contribution >= 4 is 41.1 Å². The SMILES string of the molecule is C[C@H](OC(=O)CN1C(=O)N[C@@](C)(C2CC2)C1=O)C(=O)Nc1ccccc1Cl. The molecule has 2 fully saturated rings. The number of esters is 1. The predicted octanol–water partition coefficient (Wildman–Crippen LogP) is 1.93. The Labute approximate surface area is 161 Å². The van der Waals surface area contributed by atoms with Crippen molar-refractivity contribution in [1.82, 2.24) is 10.2 Å². The van der Waals surface area contributed by atoms with E-state index < -0.39 is 42.0 Å². The van der Waals surface area contributed by atoms with Gasteiger partial charge in [0.05, 0.1) is 10.7 Å². The van der Waals surface area contributed by atoms with E-state index in [1.54, 1.807) is 31.2 Å². The van der Waals surface area contributed by atoms with Gasteiger partial charge < -0.3 is 15.4 Å². The second-order valence-electron chi connectivity index (χ2n) is 6.90. The highest BCUT2D eigenvalue weighted by Crippen LogP contribution is 2.42. The number of imide groups is 1. The molecule has 2 aliphatic rings. The first-order valence-electron chi connectivity index (χ1n) is 8.61. The van der Waals surface area contributed by atoms with Crippen molar-refractivity contribution in [3.8, 4) is 0 Å². The highest BCUT2D eigenvalue weighted by Gasteiger charge is 2.56. The number of nitrogens with zero attached hydrogens (tertiary/aromatic N) is 1. The van der Waals surface area contributed by atoms with E-state index in [1.165, 1.54) is 6.92 Å². The quantitative estimate of drug-likeness (QED) is 0.567. The van der Waals surface area contributed by atoms with Gasteiger partial charge in [-0.2, -0.15) is 0 Å². The van der Waals surface area contributed by atoms with Crippen molar-refractivity contribution in [3.05, 3.63) is 29.3 Å². The third kappa shape index (κ3) is 3.90. The fourth-order valence-electron chi connectivity index (χ4n) is 3.01. The first kappa shape index (κ1) is 19.2. The van der Waals surface area contributed by atoms with E-state index in [2.05, 4.69) is 10.6 Å². The van der Waals surface area contributed by atoms with Crippen LogP contribution in [0.25, 0.3) is 0 Å². The van der Waals surface area contributed by atoms with Gasteiger partial charge in [0.1, 0.15) is 12.1 Å². The Morgan fingerprint density at radius 2 is 2.04 bits per heavy atom. The third-order valence-electron chi connectivity index (χ3n) is 4.79. The van der Waals surface area contributed by atoms with Crippen molar-refractivity contribution in [2.45, 2.75) is 38.3 Å². The molecule has 1 saturated heterocycles. The lowest BCUT2D eigenvalue weighted by molar-refractivity contribution is -0.155. The van der Waals surface area contributed by atoms with Gasteiger partial charge in [0.2, 0.25) is 0 Å². The normalized spacial score (nSPS) is 23.0. The molecule has 2 atom stereocenters. The van der Waals surface area contributed by atoms with Crippen molar-refractivity contribution in [2.24, 2.45) is 5.92 Å². The van der Waals surface area contributed by atoms with Crippen LogP contribution in [0.15, 0.2) is 24.3 Å². The second-order valence-corrected chi connectivity index (χ2v) is 7.31. The molecule has 27 heavy (non-hydrogen) atoms. The molecule has 0 bridgehead atoms. The fourth-order valence-corrected chi connectivity index (χ4v) is 3.19. The number of carbonyl (C=O) groups is 4. The largest absolute Gasteiger partial charge is 0.451 e. The van der Waals surface area contributed by atoms with Crippen LogP contribution in [0.3, 0.4) is 0 Å². The average molecular weight is 394 g/mol. The fraction of sp³-hybridized carbons (Fsp3) is 0.444. The lowest BCUT2D eigenvalue weighted by Crippen LogP contribution is -2.46. The van der Waals surface area contributed by atoms with Gasteiger partial charge in [-0.1, -0.05) is 23.7 Å².